The number of aromatic nitrogens is 2. The van der Waals surface area contributed by atoms with Gasteiger partial charge in [0.2, 0.25) is 0 Å². The second-order valence-corrected chi connectivity index (χ2v) is 5.22. The highest BCUT2D eigenvalue weighted by Gasteiger charge is 2.18. The monoisotopic (exact) mass is 355 g/mol. The second kappa shape index (κ2) is 6.89. The van der Waals surface area contributed by atoms with E-state index in [0.29, 0.717) is 11.2 Å². The molecule has 0 radical (unpaired) electrons. The summed E-state index contributed by atoms with van der Waals surface area (Å²) in [6, 6.07) is 8.65. The number of nitro groups is 1. The molecule has 132 valence electrons. The molecule has 26 heavy (non-hydrogen) atoms. The van der Waals surface area contributed by atoms with E-state index < -0.39 is 16.7 Å². The number of amides is 2. The van der Waals surface area contributed by atoms with Gasteiger partial charge in [-0.3, -0.25) is 24.8 Å². The first-order chi connectivity index (χ1) is 12.5. The third-order valence-corrected chi connectivity index (χ3v) is 3.55. The van der Waals surface area contributed by atoms with Gasteiger partial charge in [0.1, 0.15) is 5.75 Å². The largest absolute Gasteiger partial charge is 0.494 e. The minimum Gasteiger partial charge on any atom is -0.494 e. The van der Waals surface area contributed by atoms with Crippen LogP contribution >= 0.6 is 0 Å². The fourth-order valence-electron chi connectivity index (χ4n) is 2.28. The van der Waals surface area contributed by atoms with Gasteiger partial charge in [-0.05, 0) is 24.3 Å². The fourth-order valence-corrected chi connectivity index (χ4v) is 2.28. The zero-order valence-electron chi connectivity index (χ0n) is 13.5. The molecule has 3 aromatic rings. The molecule has 1 heterocycles. The van der Waals surface area contributed by atoms with E-state index in [9.17, 15) is 19.7 Å². The Morgan fingerprint density at radius 2 is 1.92 bits per heavy atom. The number of H-pyrrole nitrogens is 1. The molecular formula is C16H13N5O5. The lowest BCUT2D eigenvalue weighted by Gasteiger charge is -2.10. The number of rotatable bonds is 4. The number of anilines is 2. The van der Waals surface area contributed by atoms with Gasteiger partial charge in [0.05, 0.1) is 35.5 Å². The molecule has 3 rings (SSSR count). The zero-order valence-corrected chi connectivity index (χ0v) is 13.5. The van der Waals surface area contributed by atoms with E-state index in [4.69, 9.17) is 4.74 Å². The molecule has 0 aliphatic heterocycles. The molecule has 10 heteroatoms. The molecule has 2 amide bonds. The predicted octanol–water partition coefficient (Wildman–Crippen LogP) is 2.06. The van der Waals surface area contributed by atoms with Crippen molar-refractivity contribution in [3.63, 3.8) is 0 Å². The van der Waals surface area contributed by atoms with Crippen LogP contribution in [0.4, 0.5) is 17.1 Å². The number of fused-ring (bicyclic) bond motifs is 1. The summed E-state index contributed by atoms with van der Waals surface area (Å²) >= 11 is 0. The van der Waals surface area contributed by atoms with E-state index in [0.717, 1.165) is 11.5 Å². The number of aromatic amines is 1. The Balaban J connectivity index is 1.72. The normalized spacial score (nSPS) is 10.3. The molecule has 0 fully saturated rings. The van der Waals surface area contributed by atoms with Crippen molar-refractivity contribution in [2.45, 2.75) is 0 Å². The smallest absolute Gasteiger partial charge is 0.314 e. The molecule has 0 saturated heterocycles. The number of ether oxygens (including phenoxy) is 1. The van der Waals surface area contributed by atoms with Gasteiger partial charge in [-0.25, -0.2) is 0 Å². The highest BCUT2D eigenvalue weighted by atomic mass is 16.6. The number of carbonyl (C=O) groups is 2. The molecule has 0 spiro atoms. The Morgan fingerprint density at radius 1 is 1.15 bits per heavy atom. The summed E-state index contributed by atoms with van der Waals surface area (Å²) in [4.78, 5) is 34.3. The van der Waals surface area contributed by atoms with Gasteiger partial charge < -0.3 is 15.4 Å². The minimum absolute atomic E-state index is 0.0687. The summed E-state index contributed by atoms with van der Waals surface area (Å²) in [5.74, 6) is -1.77. The topological polar surface area (TPSA) is 139 Å². The van der Waals surface area contributed by atoms with Crippen LogP contribution in [0.1, 0.15) is 0 Å². The molecule has 0 unspecified atom stereocenters. The maximum Gasteiger partial charge on any atom is 0.314 e. The van der Waals surface area contributed by atoms with Crippen LogP contribution in [0.15, 0.2) is 42.6 Å². The van der Waals surface area contributed by atoms with E-state index in [-0.39, 0.29) is 17.1 Å². The van der Waals surface area contributed by atoms with Gasteiger partial charge in [0.15, 0.2) is 0 Å². The van der Waals surface area contributed by atoms with Crippen LogP contribution in [0.5, 0.6) is 5.75 Å². The fraction of sp³-hybridized carbons (Fsp3) is 0.0625. The standard InChI is InChI=1S/C16H13N5O5/c1-26-14-7-11(21(24)25)4-5-12(14)19-16(23)15(22)18-10-3-2-9-8-17-20-13(9)6-10/h2-8H,1H3,(H,17,20)(H,18,22)(H,19,23). The lowest BCUT2D eigenvalue weighted by Crippen LogP contribution is -2.29. The van der Waals surface area contributed by atoms with Gasteiger partial charge in [0, 0.05) is 17.1 Å². The van der Waals surface area contributed by atoms with Gasteiger partial charge in [0.25, 0.3) is 5.69 Å². The number of carbonyl (C=O) groups excluding carboxylic acids is 2. The van der Waals surface area contributed by atoms with Crippen molar-refractivity contribution in [3.8, 4) is 5.75 Å². The predicted molar refractivity (Wildman–Crippen MR) is 93.0 cm³/mol. The molecule has 1 aromatic heterocycles. The molecule has 0 saturated carbocycles. The van der Waals surface area contributed by atoms with E-state index in [1.54, 1.807) is 24.4 Å². The van der Waals surface area contributed by atoms with Crippen molar-refractivity contribution in [1.29, 1.82) is 0 Å². The van der Waals surface area contributed by atoms with Crippen LogP contribution in [0.25, 0.3) is 10.9 Å². The average molecular weight is 355 g/mol. The number of non-ortho nitro benzene ring substituents is 1. The third kappa shape index (κ3) is 3.43. The number of hydrogen-bond acceptors (Lipinski definition) is 6. The van der Waals surface area contributed by atoms with Gasteiger partial charge >= 0.3 is 11.8 Å². The lowest BCUT2D eigenvalue weighted by molar-refractivity contribution is -0.384. The van der Waals surface area contributed by atoms with Crippen molar-refractivity contribution in [2.24, 2.45) is 0 Å². The average Bonchev–Trinajstić information content (AvgIpc) is 3.09. The van der Waals surface area contributed by atoms with Gasteiger partial charge in [-0.15, -0.1) is 0 Å². The quantitative estimate of drug-likeness (QED) is 0.372. The maximum absolute atomic E-state index is 12.1. The number of nitrogens with one attached hydrogen (secondary N) is 3. The van der Waals surface area contributed by atoms with E-state index in [1.165, 1.54) is 19.2 Å². The van der Waals surface area contributed by atoms with Crippen molar-refractivity contribution in [2.75, 3.05) is 17.7 Å². The zero-order chi connectivity index (χ0) is 18.7. The summed E-state index contributed by atoms with van der Waals surface area (Å²) in [5, 5.41) is 23.1. The number of benzene rings is 2. The van der Waals surface area contributed by atoms with Crippen LogP contribution in [-0.2, 0) is 9.59 Å². The van der Waals surface area contributed by atoms with Crippen molar-refractivity contribution < 1.29 is 19.2 Å². The van der Waals surface area contributed by atoms with Crippen LogP contribution in [0.2, 0.25) is 0 Å². The van der Waals surface area contributed by atoms with E-state index in [2.05, 4.69) is 20.8 Å². The number of nitro benzene ring substituents is 1. The second-order valence-electron chi connectivity index (χ2n) is 5.22. The Hall–Kier alpha value is -3.95. The highest BCUT2D eigenvalue weighted by molar-refractivity contribution is 6.43. The van der Waals surface area contributed by atoms with Crippen molar-refractivity contribution in [1.82, 2.24) is 10.2 Å². The molecule has 2 aromatic carbocycles. The van der Waals surface area contributed by atoms with Crippen LogP contribution in [0, 0.1) is 10.1 Å². The molecule has 0 bridgehead atoms. The molecule has 10 nitrogen and oxygen atoms in total. The van der Waals surface area contributed by atoms with Gasteiger partial charge in [-0.2, -0.15) is 5.10 Å². The van der Waals surface area contributed by atoms with E-state index >= 15 is 0 Å². The first kappa shape index (κ1) is 16.9. The first-order valence-corrected chi connectivity index (χ1v) is 7.36. The number of hydrogen-bond donors (Lipinski definition) is 3. The summed E-state index contributed by atoms with van der Waals surface area (Å²) in [7, 11) is 1.30. The third-order valence-electron chi connectivity index (χ3n) is 3.55. The summed E-state index contributed by atoms with van der Waals surface area (Å²) < 4.78 is 5.01. The molecule has 3 N–H and O–H groups in total. The highest BCUT2D eigenvalue weighted by Crippen LogP contribution is 2.29. The lowest BCUT2D eigenvalue weighted by atomic mass is 10.2. The van der Waals surface area contributed by atoms with Crippen LogP contribution in [-0.4, -0.2) is 34.0 Å². The van der Waals surface area contributed by atoms with E-state index in [1.807, 2.05) is 0 Å². The SMILES string of the molecule is COc1cc([N+](=O)[O-])ccc1NC(=O)C(=O)Nc1ccc2cn[nH]c2c1. The summed E-state index contributed by atoms with van der Waals surface area (Å²) in [6.45, 7) is 0. The Morgan fingerprint density at radius 3 is 2.65 bits per heavy atom. The number of nitrogens with zero attached hydrogens (tertiary/aromatic N) is 2. The molecule has 0 aliphatic carbocycles. The molecular weight excluding hydrogens is 342 g/mol. The maximum atomic E-state index is 12.1. The van der Waals surface area contributed by atoms with Gasteiger partial charge in [-0.1, -0.05) is 0 Å². The summed E-state index contributed by atoms with van der Waals surface area (Å²) in [5.41, 5.74) is 1.07. The van der Waals surface area contributed by atoms with Crippen LogP contribution in [0.3, 0.4) is 0 Å². The summed E-state index contributed by atoms with van der Waals surface area (Å²) in [6.07, 6.45) is 1.63. The Kier molecular flexibility index (Phi) is 4.48. The minimum atomic E-state index is -0.943. The van der Waals surface area contributed by atoms with Crippen molar-refractivity contribution in [3.05, 3.63) is 52.7 Å². The van der Waals surface area contributed by atoms with Crippen molar-refractivity contribution >= 4 is 39.8 Å². The molecule has 0 atom stereocenters. The Bertz CT molecular complexity index is 1010. The Labute approximate surface area is 146 Å². The number of methoxy groups -OCH3 is 1. The molecule has 0 aliphatic rings. The van der Waals surface area contributed by atoms with Crippen LogP contribution < -0.4 is 15.4 Å². The first-order valence-electron chi connectivity index (χ1n) is 7.36.